The summed E-state index contributed by atoms with van der Waals surface area (Å²) in [6.07, 6.45) is -0.804. The molecule has 1 N–H and O–H groups in total. The van der Waals surface area contributed by atoms with Crippen molar-refractivity contribution in [3.8, 4) is 11.5 Å². The fraction of sp³-hybridized carbons (Fsp3) is 0.333. The Morgan fingerprint density at radius 3 is 2.57 bits per heavy atom. The van der Waals surface area contributed by atoms with E-state index >= 15 is 0 Å². The third-order valence-electron chi connectivity index (χ3n) is 4.82. The van der Waals surface area contributed by atoms with Gasteiger partial charge in [0.05, 0.1) is 20.3 Å². The summed E-state index contributed by atoms with van der Waals surface area (Å²) in [5.74, 6) is 0.711. The van der Waals surface area contributed by atoms with Crippen LogP contribution in [0.2, 0.25) is 0 Å². The van der Waals surface area contributed by atoms with E-state index in [9.17, 15) is 9.59 Å². The van der Waals surface area contributed by atoms with Crippen LogP contribution in [0.4, 0.5) is 0 Å². The molecule has 7 nitrogen and oxygen atoms in total. The van der Waals surface area contributed by atoms with Crippen molar-refractivity contribution in [3.05, 3.63) is 59.7 Å². The van der Waals surface area contributed by atoms with Gasteiger partial charge >= 0.3 is 0 Å². The van der Waals surface area contributed by atoms with Crippen molar-refractivity contribution in [3.63, 3.8) is 0 Å². The summed E-state index contributed by atoms with van der Waals surface area (Å²) in [5.41, 5.74) is 1.63. The zero-order valence-corrected chi connectivity index (χ0v) is 16.2. The topological polar surface area (TPSA) is 77.1 Å². The third-order valence-corrected chi connectivity index (χ3v) is 4.82. The first-order chi connectivity index (χ1) is 13.6. The minimum atomic E-state index is -0.804. The second-order valence-electron chi connectivity index (χ2n) is 6.46. The van der Waals surface area contributed by atoms with Gasteiger partial charge in [0.2, 0.25) is 5.91 Å². The summed E-state index contributed by atoms with van der Waals surface area (Å²) in [4.78, 5) is 26.6. The molecule has 2 amide bonds. The maximum absolute atomic E-state index is 12.9. The molecule has 0 unspecified atom stereocenters. The van der Waals surface area contributed by atoms with Crippen LogP contribution in [0, 0.1) is 0 Å². The Kier molecular flexibility index (Phi) is 6.16. The Hall–Kier alpha value is -3.06. The molecular formula is C21H24N2O5. The molecule has 0 spiro atoms. The molecule has 148 valence electrons. The first-order valence-electron chi connectivity index (χ1n) is 8.96. The summed E-state index contributed by atoms with van der Waals surface area (Å²) in [7, 11) is 4.81. The molecular weight excluding hydrogens is 360 g/mol. The van der Waals surface area contributed by atoms with Crippen molar-refractivity contribution < 1.29 is 23.8 Å². The number of carbonyl (C=O) groups is 2. The van der Waals surface area contributed by atoms with Gasteiger partial charge in [-0.15, -0.1) is 0 Å². The van der Waals surface area contributed by atoms with Crippen molar-refractivity contribution in [1.29, 1.82) is 0 Å². The molecule has 1 saturated heterocycles. The van der Waals surface area contributed by atoms with E-state index in [0.29, 0.717) is 11.5 Å². The molecule has 1 fully saturated rings. The van der Waals surface area contributed by atoms with Gasteiger partial charge in [-0.25, -0.2) is 0 Å². The fourth-order valence-electron chi connectivity index (χ4n) is 3.36. The highest BCUT2D eigenvalue weighted by Crippen LogP contribution is 2.31. The van der Waals surface area contributed by atoms with Gasteiger partial charge in [0, 0.05) is 19.2 Å². The Morgan fingerprint density at radius 2 is 1.89 bits per heavy atom. The van der Waals surface area contributed by atoms with Gasteiger partial charge in [-0.1, -0.05) is 42.5 Å². The van der Waals surface area contributed by atoms with Crippen LogP contribution in [0.15, 0.2) is 48.5 Å². The van der Waals surface area contributed by atoms with Crippen LogP contribution in [-0.2, 0) is 20.9 Å². The van der Waals surface area contributed by atoms with Gasteiger partial charge < -0.3 is 24.4 Å². The molecule has 3 rings (SSSR count). The number of methoxy groups -OCH3 is 2. The van der Waals surface area contributed by atoms with Crippen LogP contribution >= 0.6 is 0 Å². The standard InChI is InChI=1S/C21H24N2O5/c1-23-17(24)13-28-20(18(23)14-8-5-4-6-9-14)21(25)22-12-15-10-7-11-16(26-2)19(15)27-3/h4-11,18,20H,12-13H2,1-3H3,(H,22,25)/t18-,20+/m0/s1. The summed E-state index contributed by atoms with van der Waals surface area (Å²) in [6.45, 7) is 0.124. The molecule has 2 aromatic rings. The number of likely N-dealkylation sites (N-methyl/N-ethyl adjacent to an activating group) is 1. The summed E-state index contributed by atoms with van der Waals surface area (Å²) >= 11 is 0. The Labute approximate surface area is 164 Å². The molecule has 0 radical (unpaired) electrons. The second-order valence-corrected chi connectivity index (χ2v) is 6.46. The number of hydrogen-bond donors (Lipinski definition) is 1. The number of morpholine rings is 1. The predicted molar refractivity (Wildman–Crippen MR) is 103 cm³/mol. The lowest BCUT2D eigenvalue weighted by Gasteiger charge is -2.38. The largest absolute Gasteiger partial charge is 0.493 e. The normalized spacial score (nSPS) is 19.2. The first kappa shape index (κ1) is 19.7. The highest BCUT2D eigenvalue weighted by Gasteiger charge is 2.39. The van der Waals surface area contributed by atoms with Gasteiger partial charge in [-0.2, -0.15) is 0 Å². The van der Waals surface area contributed by atoms with Crippen LogP contribution in [0.1, 0.15) is 17.2 Å². The minimum Gasteiger partial charge on any atom is -0.493 e. The van der Waals surface area contributed by atoms with Crippen molar-refractivity contribution >= 4 is 11.8 Å². The molecule has 0 bridgehead atoms. The zero-order valence-electron chi connectivity index (χ0n) is 16.2. The molecule has 2 atom stereocenters. The third kappa shape index (κ3) is 3.94. The van der Waals surface area contributed by atoms with E-state index in [1.165, 1.54) is 0 Å². The lowest BCUT2D eigenvalue weighted by molar-refractivity contribution is -0.162. The molecule has 1 aliphatic heterocycles. The number of nitrogens with zero attached hydrogens (tertiary/aromatic N) is 1. The number of carbonyl (C=O) groups excluding carboxylic acids is 2. The first-order valence-corrected chi connectivity index (χ1v) is 8.96. The molecule has 28 heavy (non-hydrogen) atoms. The van der Waals surface area contributed by atoms with Crippen LogP contribution in [0.3, 0.4) is 0 Å². The minimum absolute atomic E-state index is 0.125. The summed E-state index contributed by atoms with van der Waals surface area (Å²) in [5, 5.41) is 2.89. The zero-order chi connectivity index (χ0) is 20.1. The molecule has 1 aliphatic rings. The highest BCUT2D eigenvalue weighted by atomic mass is 16.5. The number of amides is 2. The van der Waals surface area contributed by atoms with E-state index in [1.807, 2.05) is 42.5 Å². The molecule has 0 saturated carbocycles. The number of ether oxygens (including phenoxy) is 3. The van der Waals surface area contributed by atoms with Gasteiger partial charge in [0.15, 0.2) is 17.6 Å². The van der Waals surface area contributed by atoms with E-state index in [2.05, 4.69) is 5.32 Å². The van der Waals surface area contributed by atoms with E-state index in [4.69, 9.17) is 14.2 Å². The number of para-hydroxylation sites is 1. The van der Waals surface area contributed by atoms with Crippen molar-refractivity contribution in [1.82, 2.24) is 10.2 Å². The lowest BCUT2D eigenvalue weighted by Crippen LogP contribution is -2.52. The molecule has 0 aromatic heterocycles. The monoisotopic (exact) mass is 384 g/mol. The fourth-order valence-corrected chi connectivity index (χ4v) is 3.36. The molecule has 0 aliphatic carbocycles. The Balaban J connectivity index is 1.78. The van der Waals surface area contributed by atoms with Crippen LogP contribution in [0.5, 0.6) is 11.5 Å². The number of rotatable bonds is 6. The van der Waals surface area contributed by atoms with Crippen LogP contribution < -0.4 is 14.8 Å². The number of nitrogens with one attached hydrogen (secondary N) is 1. The van der Waals surface area contributed by atoms with Crippen LogP contribution in [-0.4, -0.2) is 50.7 Å². The SMILES string of the molecule is COc1cccc(CNC(=O)[C@@H]2OCC(=O)N(C)[C@H]2c2ccccc2)c1OC. The summed E-state index contributed by atoms with van der Waals surface area (Å²) in [6, 6.07) is 14.4. The highest BCUT2D eigenvalue weighted by molar-refractivity contribution is 5.86. The van der Waals surface area contributed by atoms with Crippen molar-refractivity contribution in [2.45, 2.75) is 18.7 Å². The van der Waals surface area contributed by atoms with E-state index in [1.54, 1.807) is 32.2 Å². The van der Waals surface area contributed by atoms with E-state index in [-0.39, 0.29) is 25.0 Å². The maximum Gasteiger partial charge on any atom is 0.251 e. The lowest BCUT2D eigenvalue weighted by atomic mass is 9.97. The molecule has 7 heteroatoms. The van der Waals surface area contributed by atoms with Crippen molar-refractivity contribution in [2.24, 2.45) is 0 Å². The average Bonchev–Trinajstić information content (AvgIpc) is 2.73. The average molecular weight is 384 g/mol. The smallest absolute Gasteiger partial charge is 0.251 e. The van der Waals surface area contributed by atoms with E-state index in [0.717, 1.165) is 11.1 Å². The Morgan fingerprint density at radius 1 is 1.14 bits per heavy atom. The van der Waals surface area contributed by atoms with Gasteiger partial charge in [0.25, 0.3) is 5.91 Å². The predicted octanol–water partition coefficient (Wildman–Crippen LogP) is 1.92. The quantitative estimate of drug-likeness (QED) is 0.823. The Bertz CT molecular complexity index is 840. The van der Waals surface area contributed by atoms with Gasteiger partial charge in [-0.05, 0) is 11.6 Å². The second kappa shape index (κ2) is 8.75. The van der Waals surface area contributed by atoms with E-state index < -0.39 is 12.1 Å². The number of benzene rings is 2. The van der Waals surface area contributed by atoms with Gasteiger partial charge in [0.1, 0.15) is 6.61 Å². The summed E-state index contributed by atoms with van der Waals surface area (Å²) < 4.78 is 16.3. The maximum atomic E-state index is 12.9. The van der Waals surface area contributed by atoms with Gasteiger partial charge in [-0.3, -0.25) is 9.59 Å². The molecule has 2 aromatic carbocycles. The number of hydrogen-bond acceptors (Lipinski definition) is 5. The van der Waals surface area contributed by atoms with Crippen molar-refractivity contribution in [2.75, 3.05) is 27.9 Å². The van der Waals surface area contributed by atoms with Crippen LogP contribution in [0.25, 0.3) is 0 Å². The molecule has 1 heterocycles.